The molecule has 1 saturated heterocycles. The summed E-state index contributed by atoms with van der Waals surface area (Å²) < 4.78 is 0. The highest BCUT2D eigenvalue weighted by Crippen LogP contribution is 2.46. The minimum Gasteiger partial charge on any atom is -0.357 e. The van der Waals surface area contributed by atoms with Crippen LogP contribution in [-0.2, 0) is 11.8 Å². The number of H-pyrrole nitrogens is 1. The fourth-order valence-corrected chi connectivity index (χ4v) is 7.10. The van der Waals surface area contributed by atoms with Crippen molar-refractivity contribution in [3.8, 4) is 11.5 Å². The number of aromatic amines is 1. The predicted molar refractivity (Wildman–Crippen MR) is 156 cm³/mol. The summed E-state index contributed by atoms with van der Waals surface area (Å²) in [5, 5.41) is 1.02. The highest BCUT2D eigenvalue weighted by molar-refractivity contribution is 6.83. The number of carbonyl (C=O) groups excluding carboxylic acids is 1. The molecule has 6 rings (SSSR count). The number of hydrogen-bond acceptors (Lipinski definition) is 2. The van der Waals surface area contributed by atoms with Crippen molar-refractivity contribution < 1.29 is 4.79 Å². The van der Waals surface area contributed by atoms with Crippen LogP contribution in [0.2, 0.25) is 19.6 Å². The summed E-state index contributed by atoms with van der Waals surface area (Å²) in [6.45, 7) is 16.0. The lowest BCUT2D eigenvalue weighted by Crippen LogP contribution is -2.35. The molecular formula is C33H40N2OSi. The predicted octanol–water partition coefficient (Wildman–Crippen LogP) is 7.17. The molecular weight excluding hydrogens is 468 g/mol. The second-order valence-corrected chi connectivity index (χ2v) is 17.8. The summed E-state index contributed by atoms with van der Waals surface area (Å²) >= 11 is 0. The van der Waals surface area contributed by atoms with Crippen molar-refractivity contribution in [1.82, 2.24) is 9.88 Å². The molecule has 2 fully saturated rings. The number of fused-ring (bicyclic) bond motifs is 4. The molecule has 2 aromatic carbocycles. The Morgan fingerprint density at radius 1 is 1.05 bits per heavy atom. The van der Waals surface area contributed by atoms with Crippen molar-refractivity contribution in [2.45, 2.75) is 89.9 Å². The average molecular weight is 509 g/mol. The second kappa shape index (κ2) is 8.72. The highest BCUT2D eigenvalue weighted by Gasteiger charge is 2.41. The number of aromatic nitrogens is 1. The Morgan fingerprint density at radius 3 is 2.43 bits per heavy atom. The first-order valence-electron chi connectivity index (χ1n) is 14.2. The Kier molecular flexibility index (Phi) is 5.82. The molecule has 37 heavy (non-hydrogen) atoms. The van der Waals surface area contributed by atoms with Gasteiger partial charge in [0.2, 0.25) is 0 Å². The van der Waals surface area contributed by atoms with Crippen LogP contribution in [0.4, 0.5) is 0 Å². The molecule has 4 heteroatoms. The van der Waals surface area contributed by atoms with Crippen molar-refractivity contribution in [1.29, 1.82) is 0 Å². The molecule has 1 aliphatic heterocycles. The van der Waals surface area contributed by atoms with Gasteiger partial charge in [-0.05, 0) is 86.0 Å². The summed E-state index contributed by atoms with van der Waals surface area (Å²) in [6.07, 6.45) is 6.21. The van der Waals surface area contributed by atoms with Crippen molar-refractivity contribution in [3.63, 3.8) is 0 Å². The highest BCUT2D eigenvalue weighted by atomic mass is 28.3. The molecule has 1 N–H and O–H groups in total. The van der Waals surface area contributed by atoms with E-state index in [1.807, 2.05) is 0 Å². The number of nitrogens with one attached hydrogen (secondary N) is 1. The fourth-order valence-electron chi connectivity index (χ4n) is 6.58. The standard InChI is InChI=1S/C33H40N2OSi/c1-7-22-19-27-28(20-26(22)23-12-15-35(16-13-23)24-9-10-24)33(2,3)32-30(31(27)36)25-11-8-21(18-29(25)34-32)14-17-37(4,5)6/h8,11,18-20,23-24,34H,7,9-10,12-13,15-16H2,1-6H3. The third kappa shape index (κ3) is 4.31. The van der Waals surface area contributed by atoms with Gasteiger partial charge in [-0.1, -0.05) is 58.5 Å². The molecule has 1 aromatic heterocycles. The van der Waals surface area contributed by atoms with E-state index in [4.69, 9.17) is 0 Å². The number of carbonyl (C=O) groups is 1. The summed E-state index contributed by atoms with van der Waals surface area (Å²) in [4.78, 5) is 20.4. The number of rotatable bonds is 3. The zero-order valence-corrected chi connectivity index (χ0v) is 24.3. The Balaban J connectivity index is 1.41. The van der Waals surface area contributed by atoms with Gasteiger partial charge in [-0.2, -0.15) is 0 Å². The van der Waals surface area contributed by atoms with Crippen molar-refractivity contribution >= 4 is 24.8 Å². The van der Waals surface area contributed by atoms with Gasteiger partial charge in [0, 0.05) is 39.2 Å². The molecule has 2 aliphatic carbocycles. The molecule has 0 atom stereocenters. The minimum absolute atomic E-state index is 0.168. The maximum atomic E-state index is 14.0. The molecule has 0 bridgehead atoms. The number of hydrogen-bond donors (Lipinski definition) is 1. The van der Waals surface area contributed by atoms with E-state index in [9.17, 15) is 4.79 Å². The van der Waals surface area contributed by atoms with E-state index in [1.165, 1.54) is 55.5 Å². The maximum absolute atomic E-state index is 14.0. The van der Waals surface area contributed by atoms with Gasteiger partial charge in [-0.3, -0.25) is 4.79 Å². The average Bonchev–Trinajstić information content (AvgIpc) is 3.65. The van der Waals surface area contributed by atoms with Gasteiger partial charge in [0.15, 0.2) is 5.78 Å². The van der Waals surface area contributed by atoms with E-state index >= 15 is 0 Å². The first-order valence-corrected chi connectivity index (χ1v) is 17.7. The molecule has 0 amide bonds. The van der Waals surface area contributed by atoms with Crippen LogP contribution in [0.25, 0.3) is 10.9 Å². The van der Waals surface area contributed by atoms with Crippen LogP contribution >= 0.6 is 0 Å². The quantitative estimate of drug-likeness (QED) is 0.301. The van der Waals surface area contributed by atoms with E-state index in [-0.39, 0.29) is 11.2 Å². The Hall–Kier alpha value is -2.61. The SMILES string of the molecule is CCc1cc2c(cc1C1CCN(C3CC3)CC1)C(C)(C)c1[nH]c3cc(C#C[Si](C)(C)C)ccc3c1C2=O. The lowest BCUT2D eigenvalue weighted by atomic mass is 9.69. The minimum atomic E-state index is -1.46. The van der Waals surface area contributed by atoms with Crippen LogP contribution in [-0.4, -0.2) is 42.9 Å². The van der Waals surface area contributed by atoms with E-state index in [0.29, 0.717) is 5.92 Å². The molecule has 1 saturated carbocycles. The number of piperidine rings is 1. The molecule has 3 aromatic rings. The Morgan fingerprint density at radius 2 is 1.78 bits per heavy atom. The third-order valence-electron chi connectivity index (χ3n) is 8.84. The van der Waals surface area contributed by atoms with Crippen LogP contribution < -0.4 is 0 Å². The van der Waals surface area contributed by atoms with E-state index in [0.717, 1.165) is 45.7 Å². The second-order valence-electron chi connectivity index (χ2n) is 13.1. The van der Waals surface area contributed by atoms with Crippen LogP contribution in [0, 0.1) is 11.5 Å². The number of aryl methyl sites for hydroxylation is 1. The number of likely N-dealkylation sites (tertiary alicyclic amines) is 1. The topological polar surface area (TPSA) is 36.1 Å². The monoisotopic (exact) mass is 508 g/mol. The first-order chi connectivity index (χ1) is 17.6. The molecule has 3 aliphatic rings. The summed E-state index contributed by atoms with van der Waals surface area (Å²) in [5.74, 6) is 4.15. The van der Waals surface area contributed by atoms with Gasteiger partial charge in [0.05, 0.1) is 5.56 Å². The zero-order valence-electron chi connectivity index (χ0n) is 23.3. The van der Waals surface area contributed by atoms with Crippen LogP contribution in [0.3, 0.4) is 0 Å². The Bertz CT molecular complexity index is 1460. The number of ketones is 1. The van der Waals surface area contributed by atoms with Gasteiger partial charge in [-0.15, -0.1) is 5.54 Å². The van der Waals surface area contributed by atoms with Crippen molar-refractivity contribution in [2.24, 2.45) is 0 Å². The van der Waals surface area contributed by atoms with Crippen molar-refractivity contribution in [3.05, 3.63) is 69.4 Å². The van der Waals surface area contributed by atoms with Gasteiger partial charge in [0.25, 0.3) is 0 Å². The van der Waals surface area contributed by atoms with Crippen LogP contribution in [0.1, 0.15) is 96.2 Å². The summed E-state index contributed by atoms with van der Waals surface area (Å²) in [5.41, 5.74) is 12.1. The normalized spacial score (nSPS) is 19.9. The molecule has 0 unspecified atom stereocenters. The van der Waals surface area contributed by atoms with Gasteiger partial charge >= 0.3 is 0 Å². The lowest BCUT2D eigenvalue weighted by molar-refractivity contribution is 0.103. The fraction of sp³-hybridized carbons (Fsp3) is 0.485. The number of benzene rings is 2. The lowest BCUT2D eigenvalue weighted by Gasteiger charge is -2.36. The van der Waals surface area contributed by atoms with Crippen LogP contribution in [0.15, 0.2) is 30.3 Å². The van der Waals surface area contributed by atoms with E-state index in [1.54, 1.807) is 0 Å². The van der Waals surface area contributed by atoms with Gasteiger partial charge in [-0.25, -0.2) is 0 Å². The largest absolute Gasteiger partial charge is 0.357 e. The summed E-state index contributed by atoms with van der Waals surface area (Å²) in [6, 6.07) is 11.8. The molecule has 2 heterocycles. The van der Waals surface area contributed by atoms with E-state index in [2.05, 4.69) is 92.1 Å². The molecule has 0 spiro atoms. The molecule has 192 valence electrons. The molecule has 3 nitrogen and oxygen atoms in total. The number of nitrogens with zero attached hydrogens (tertiary/aromatic N) is 1. The maximum Gasteiger partial charge on any atom is 0.195 e. The Labute approximate surface area is 223 Å². The summed E-state index contributed by atoms with van der Waals surface area (Å²) in [7, 11) is -1.46. The van der Waals surface area contributed by atoms with Gasteiger partial charge < -0.3 is 9.88 Å². The van der Waals surface area contributed by atoms with Gasteiger partial charge in [0.1, 0.15) is 8.07 Å². The zero-order chi connectivity index (χ0) is 26.1. The first kappa shape index (κ1) is 24.7. The van der Waals surface area contributed by atoms with Crippen LogP contribution in [0.5, 0.6) is 0 Å². The third-order valence-corrected chi connectivity index (χ3v) is 9.72. The van der Waals surface area contributed by atoms with Crippen molar-refractivity contribution in [2.75, 3.05) is 13.1 Å². The van der Waals surface area contributed by atoms with E-state index < -0.39 is 8.07 Å². The molecule has 0 radical (unpaired) electrons. The smallest absolute Gasteiger partial charge is 0.195 e.